The quantitative estimate of drug-likeness (QED) is 0.0734. The van der Waals surface area contributed by atoms with E-state index in [-0.39, 0.29) is 42.5 Å². The van der Waals surface area contributed by atoms with Gasteiger partial charge in [0.2, 0.25) is 15.9 Å². The fraction of sp³-hybridized carbons (Fsp3) is 0.275. The summed E-state index contributed by atoms with van der Waals surface area (Å²) in [6.45, 7) is 4.47. The fourth-order valence-corrected chi connectivity index (χ4v) is 9.10. The number of aliphatic hydroxyl groups excluding tert-OH is 2. The van der Waals surface area contributed by atoms with E-state index in [4.69, 9.17) is 9.47 Å². The summed E-state index contributed by atoms with van der Waals surface area (Å²) in [7, 11) is -1.99. The molecule has 10 nitrogen and oxygen atoms in total. The van der Waals surface area contributed by atoms with Crippen LogP contribution < -0.4 is 10.0 Å². The Kier molecular flexibility index (Phi) is 14.8. The Morgan fingerprint density at radius 2 is 1.29 bits per heavy atom. The van der Waals surface area contributed by atoms with Crippen LogP contribution in [0, 0.1) is 6.92 Å². The highest BCUT2D eigenvalue weighted by atomic mass is 32.2. The molecule has 62 heavy (non-hydrogen) atoms. The minimum atomic E-state index is -3.99. The van der Waals surface area contributed by atoms with Gasteiger partial charge in [0.25, 0.3) is 0 Å². The molecule has 6 aromatic rings. The minimum absolute atomic E-state index is 0.0712. The summed E-state index contributed by atoms with van der Waals surface area (Å²) in [4.78, 5) is 16.0. The van der Waals surface area contributed by atoms with Gasteiger partial charge >= 0.3 is 0 Å². The van der Waals surface area contributed by atoms with Crippen LogP contribution >= 0.6 is 0 Å². The van der Waals surface area contributed by atoms with Gasteiger partial charge in [-0.25, -0.2) is 8.42 Å². The number of hydrogen-bond donors (Lipinski definition) is 4. The van der Waals surface area contributed by atoms with Gasteiger partial charge in [-0.15, -0.1) is 0 Å². The lowest BCUT2D eigenvalue weighted by molar-refractivity contribution is -0.264. The van der Waals surface area contributed by atoms with E-state index in [9.17, 15) is 23.4 Å². The van der Waals surface area contributed by atoms with Gasteiger partial charge in [0.1, 0.15) is 6.04 Å². The van der Waals surface area contributed by atoms with Crippen molar-refractivity contribution in [3.8, 4) is 0 Å². The summed E-state index contributed by atoms with van der Waals surface area (Å²) in [6, 6.07) is 49.8. The highest BCUT2D eigenvalue weighted by Crippen LogP contribution is 2.47. The van der Waals surface area contributed by atoms with Crippen molar-refractivity contribution in [3.05, 3.63) is 208 Å². The zero-order chi connectivity index (χ0) is 43.6. The predicted octanol–water partition coefficient (Wildman–Crippen LogP) is 7.69. The second-order valence-electron chi connectivity index (χ2n) is 16.1. The van der Waals surface area contributed by atoms with Gasteiger partial charge in [0.15, 0.2) is 6.29 Å². The largest absolute Gasteiger partial charge is 0.392 e. The molecule has 0 aromatic heterocycles. The number of rotatable bonds is 17. The molecule has 7 atom stereocenters. The molecular weight excluding hydrogens is 799 g/mol. The van der Waals surface area contributed by atoms with Crippen molar-refractivity contribution in [3.63, 3.8) is 0 Å². The smallest absolute Gasteiger partial charge is 0.241 e. The van der Waals surface area contributed by atoms with E-state index in [1.807, 2.05) is 148 Å². The Labute approximate surface area is 365 Å². The number of aryl methyl sites for hydroxylation is 1. The Morgan fingerprint density at radius 1 is 0.710 bits per heavy atom. The molecule has 0 bridgehead atoms. The maximum atomic E-state index is 13.7. The Bertz CT molecular complexity index is 2440. The molecule has 7 unspecified atom stereocenters. The molecule has 6 aromatic carbocycles. The van der Waals surface area contributed by atoms with Crippen LogP contribution in [0.4, 0.5) is 0 Å². The number of nitrogens with zero attached hydrogens (tertiary/aromatic N) is 1. The summed E-state index contributed by atoms with van der Waals surface area (Å²) < 4.78 is 43.3. The first-order valence-electron chi connectivity index (χ1n) is 21.0. The topological polar surface area (TPSA) is 137 Å². The molecule has 0 radical (unpaired) electrons. The number of benzene rings is 6. The van der Waals surface area contributed by atoms with Crippen LogP contribution in [-0.2, 0) is 43.9 Å². The van der Waals surface area contributed by atoms with Crippen LogP contribution in [0.3, 0.4) is 0 Å². The van der Waals surface area contributed by atoms with E-state index in [0.717, 1.165) is 44.5 Å². The summed E-state index contributed by atoms with van der Waals surface area (Å²) in [5.74, 6) is -0.675. The average molecular weight is 854 g/mol. The van der Waals surface area contributed by atoms with Crippen molar-refractivity contribution < 1.29 is 32.9 Å². The minimum Gasteiger partial charge on any atom is -0.392 e. The number of hydrogen-bond acceptors (Lipinski definition) is 8. The number of sulfonamides is 1. The molecule has 1 fully saturated rings. The fourth-order valence-electron chi connectivity index (χ4n) is 7.90. The second-order valence-corrected chi connectivity index (χ2v) is 17.8. The lowest BCUT2D eigenvalue weighted by Gasteiger charge is -2.45. The summed E-state index contributed by atoms with van der Waals surface area (Å²) in [5.41, 5.74) is 6.96. The third-order valence-electron chi connectivity index (χ3n) is 11.7. The van der Waals surface area contributed by atoms with Crippen LogP contribution in [0.2, 0.25) is 0 Å². The van der Waals surface area contributed by atoms with Crippen molar-refractivity contribution in [2.45, 2.75) is 80.9 Å². The first-order chi connectivity index (χ1) is 30.0. The van der Waals surface area contributed by atoms with E-state index in [1.54, 1.807) is 12.1 Å². The van der Waals surface area contributed by atoms with Crippen LogP contribution in [0.5, 0.6) is 0 Å². The first-order valence-corrected chi connectivity index (χ1v) is 22.5. The molecule has 0 spiro atoms. The van der Waals surface area contributed by atoms with Crippen molar-refractivity contribution in [2.24, 2.45) is 0 Å². The molecule has 1 heterocycles. The van der Waals surface area contributed by atoms with E-state index >= 15 is 0 Å². The molecule has 4 N–H and O–H groups in total. The van der Waals surface area contributed by atoms with Crippen LogP contribution in [0.25, 0.3) is 0 Å². The average Bonchev–Trinajstić information content (AvgIpc) is 3.31. The maximum absolute atomic E-state index is 13.7. The van der Waals surface area contributed by atoms with Gasteiger partial charge in [0, 0.05) is 30.6 Å². The van der Waals surface area contributed by atoms with E-state index < -0.39 is 40.5 Å². The standard InChI is InChI=1S/C51H55N3O7S/c1-35-19-29-44(30-20-35)62(58,59)53-45(31-37-13-7-4-8-14-37)50(57)52-32-38-21-27-43(28-22-38)51-60-46(33-54(3)36(2)48(56)41-17-11-6-12-18-41)47(40-15-9-5-10-16-40)49(61-51)42-25-23-39(34-55)24-26-42/h4-30,36,45-49,51,53,55-56H,31-34H2,1-3H3,(H,52,57). The normalized spacial score (nSPS) is 19.4. The predicted molar refractivity (Wildman–Crippen MR) is 240 cm³/mol. The van der Waals surface area contributed by atoms with Crippen LogP contribution in [-0.4, -0.2) is 61.2 Å². The van der Waals surface area contributed by atoms with Gasteiger partial charge in [-0.2, -0.15) is 4.72 Å². The van der Waals surface area contributed by atoms with Crippen molar-refractivity contribution in [2.75, 3.05) is 13.6 Å². The van der Waals surface area contributed by atoms with Gasteiger partial charge in [0.05, 0.1) is 29.8 Å². The molecule has 1 saturated heterocycles. The van der Waals surface area contributed by atoms with Gasteiger partial charge in [-0.1, -0.05) is 157 Å². The highest BCUT2D eigenvalue weighted by molar-refractivity contribution is 7.89. The zero-order valence-electron chi connectivity index (χ0n) is 35.2. The summed E-state index contributed by atoms with van der Waals surface area (Å²) >= 11 is 0. The van der Waals surface area contributed by atoms with E-state index in [1.165, 1.54) is 12.1 Å². The Morgan fingerprint density at radius 3 is 1.92 bits per heavy atom. The van der Waals surface area contributed by atoms with Gasteiger partial charge in [-0.05, 0) is 72.8 Å². The number of amides is 1. The molecule has 1 aliphatic heterocycles. The van der Waals surface area contributed by atoms with Gasteiger partial charge < -0.3 is 25.0 Å². The number of likely N-dealkylation sites (N-methyl/N-ethyl adjacent to an activating group) is 1. The highest BCUT2D eigenvalue weighted by Gasteiger charge is 2.43. The van der Waals surface area contributed by atoms with Crippen molar-refractivity contribution in [1.29, 1.82) is 0 Å². The number of carbonyl (C=O) groups excluding carboxylic acids is 1. The SMILES string of the molecule is Cc1ccc(S(=O)(=O)NC(Cc2ccccc2)C(=O)NCc2ccc(C3OC(CN(C)C(C)C(O)c4ccccc4)C(c4ccccc4)C(c4ccc(CO)cc4)O3)cc2)cc1. The molecule has 0 aliphatic carbocycles. The maximum Gasteiger partial charge on any atom is 0.241 e. The number of nitrogens with one attached hydrogen (secondary N) is 2. The Balaban J connectivity index is 1.12. The molecule has 11 heteroatoms. The Hall–Kier alpha value is -5.50. The second kappa shape index (κ2) is 20.6. The third-order valence-corrected chi connectivity index (χ3v) is 13.2. The molecule has 1 aliphatic rings. The third kappa shape index (κ3) is 11.1. The van der Waals surface area contributed by atoms with Crippen LogP contribution in [0.1, 0.15) is 75.8 Å². The molecule has 7 rings (SSSR count). The summed E-state index contributed by atoms with van der Waals surface area (Å²) in [5, 5.41) is 24.2. The number of carbonyl (C=O) groups is 1. The monoisotopic (exact) mass is 853 g/mol. The van der Waals surface area contributed by atoms with Crippen LogP contribution in [0.15, 0.2) is 169 Å². The van der Waals surface area contributed by atoms with E-state index in [2.05, 4.69) is 27.1 Å². The first kappa shape index (κ1) is 44.6. The lowest BCUT2D eigenvalue weighted by atomic mass is 9.83. The van der Waals surface area contributed by atoms with Crippen molar-refractivity contribution in [1.82, 2.24) is 14.9 Å². The van der Waals surface area contributed by atoms with Gasteiger partial charge in [-0.3, -0.25) is 9.69 Å². The molecular formula is C51H55N3O7S. The molecule has 0 saturated carbocycles. The molecule has 1 amide bonds. The molecule has 322 valence electrons. The lowest BCUT2D eigenvalue weighted by Crippen LogP contribution is -2.47. The van der Waals surface area contributed by atoms with Crippen molar-refractivity contribution >= 4 is 15.9 Å². The number of ether oxygens (including phenoxy) is 2. The summed E-state index contributed by atoms with van der Waals surface area (Å²) in [6.07, 6.45) is -2.12. The van der Waals surface area contributed by atoms with E-state index in [0.29, 0.717) is 6.54 Å². The number of aliphatic hydroxyl groups is 2. The zero-order valence-corrected chi connectivity index (χ0v) is 36.1.